The largest absolute Gasteiger partial charge is 0.339 e. The molecule has 0 atom stereocenters. The molecule has 0 saturated heterocycles. The predicted molar refractivity (Wildman–Crippen MR) is 51.0 cm³/mol. The van der Waals surface area contributed by atoms with Crippen molar-refractivity contribution in [3.05, 3.63) is 0 Å². The second-order valence-electron chi connectivity index (χ2n) is 3.78. The minimum atomic E-state index is -0.404. The Balaban J connectivity index is 4.10. The van der Waals surface area contributed by atoms with Crippen LogP contribution in [0.25, 0.3) is 0 Å². The molecule has 3 nitrogen and oxygen atoms in total. The minimum absolute atomic E-state index is 0.394. The molecule has 3 heteroatoms. The Hall–Kier alpha value is -0.570. The van der Waals surface area contributed by atoms with Crippen molar-refractivity contribution in [2.45, 2.75) is 53.1 Å². The molecule has 0 rings (SSSR count). The third kappa shape index (κ3) is 4.27. The molecule has 0 fully saturated rings. The molecular weight excluding hydrogens is 168 g/mol. The van der Waals surface area contributed by atoms with Gasteiger partial charge in [0.15, 0.2) is 0 Å². The van der Waals surface area contributed by atoms with Crippen LogP contribution in [-0.2, 0) is 14.6 Å². The van der Waals surface area contributed by atoms with Crippen LogP contribution in [0.1, 0.15) is 47.5 Å². The molecule has 0 aromatic carbocycles. The second-order valence-corrected chi connectivity index (χ2v) is 3.78. The van der Waals surface area contributed by atoms with Crippen LogP contribution < -0.4 is 0 Å². The van der Waals surface area contributed by atoms with Crippen molar-refractivity contribution in [3.8, 4) is 0 Å². The van der Waals surface area contributed by atoms with E-state index in [1.54, 1.807) is 0 Å². The Morgan fingerprint density at radius 2 is 1.77 bits per heavy atom. The molecule has 0 aromatic rings. The van der Waals surface area contributed by atoms with Crippen LogP contribution in [0.15, 0.2) is 0 Å². The number of rotatable bonds is 5. The van der Waals surface area contributed by atoms with E-state index < -0.39 is 11.6 Å². The molecule has 0 heterocycles. The Labute approximate surface area is 80.3 Å². The van der Waals surface area contributed by atoms with Crippen LogP contribution in [0, 0.1) is 5.92 Å². The Kier molecular flexibility index (Phi) is 4.99. The van der Waals surface area contributed by atoms with E-state index in [0.717, 1.165) is 12.8 Å². The second kappa shape index (κ2) is 5.22. The predicted octanol–water partition coefficient (Wildman–Crippen LogP) is 2.70. The van der Waals surface area contributed by atoms with Crippen molar-refractivity contribution < 1.29 is 14.6 Å². The Bertz CT molecular complexity index is 160. The standard InChI is InChI=1S/C10H20O3/c1-6-9(7-2)10(4,5)13-12-8(3)11/h9H,6-7H2,1-5H3. The molecule has 0 bridgehead atoms. The number of carbonyl (C=O) groups excluding carboxylic acids is 1. The van der Waals surface area contributed by atoms with Crippen molar-refractivity contribution in [1.82, 2.24) is 0 Å². The third-order valence-electron chi connectivity index (χ3n) is 2.34. The highest BCUT2D eigenvalue weighted by Crippen LogP contribution is 2.27. The van der Waals surface area contributed by atoms with Gasteiger partial charge in [-0.05, 0) is 19.8 Å². The lowest BCUT2D eigenvalue weighted by Gasteiger charge is -2.30. The topological polar surface area (TPSA) is 35.5 Å². The van der Waals surface area contributed by atoms with Gasteiger partial charge in [0.2, 0.25) is 0 Å². The van der Waals surface area contributed by atoms with E-state index in [9.17, 15) is 4.79 Å². The molecule has 0 unspecified atom stereocenters. The maximum atomic E-state index is 10.5. The quantitative estimate of drug-likeness (QED) is 0.491. The summed E-state index contributed by atoms with van der Waals surface area (Å²) in [5.74, 6) is 0.00545. The van der Waals surface area contributed by atoms with Crippen molar-refractivity contribution in [2.75, 3.05) is 0 Å². The van der Waals surface area contributed by atoms with Crippen LogP contribution in [0.3, 0.4) is 0 Å². The fourth-order valence-corrected chi connectivity index (χ4v) is 1.51. The highest BCUT2D eigenvalue weighted by atomic mass is 17.2. The first kappa shape index (κ1) is 12.4. The number of hydrogen-bond donors (Lipinski definition) is 0. The van der Waals surface area contributed by atoms with Gasteiger partial charge in [-0.15, -0.1) is 0 Å². The summed E-state index contributed by atoms with van der Waals surface area (Å²) in [4.78, 5) is 20.2. The van der Waals surface area contributed by atoms with Crippen molar-refractivity contribution >= 4 is 5.97 Å². The molecule has 0 aliphatic carbocycles. The first-order valence-corrected chi connectivity index (χ1v) is 4.80. The molecule has 0 saturated carbocycles. The van der Waals surface area contributed by atoms with E-state index in [2.05, 4.69) is 18.7 Å². The summed E-state index contributed by atoms with van der Waals surface area (Å²) in [7, 11) is 0. The van der Waals surface area contributed by atoms with Gasteiger partial charge in [0.25, 0.3) is 0 Å². The first-order chi connectivity index (χ1) is 5.94. The van der Waals surface area contributed by atoms with Gasteiger partial charge in [0, 0.05) is 6.92 Å². The van der Waals surface area contributed by atoms with Crippen LogP contribution in [0.2, 0.25) is 0 Å². The van der Waals surface area contributed by atoms with Gasteiger partial charge in [0.05, 0.1) is 0 Å². The summed E-state index contributed by atoms with van der Waals surface area (Å²) in [6, 6.07) is 0. The maximum Gasteiger partial charge on any atom is 0.339 e. The normalized spacial score (nSPS) is 11.8. The monoisotopic (exact) mass is 188 g/mol. The van der Waals surface area contributed by atoms with E-state index in [1.807, 2.05) is 13.8 Å². The van der Waals surface area contributed by atoms with E-state index in [0.29, 0.717) is 5.92 Å². The summed E-state index contributed by atoms with van der Waals surface area (Å²) in [5.41, 5.74) is -0.394. The van der Waals surface area contributed by atoms with E-state index in [-0.39, 0.29) is 0 Å². The summed E-state index contributed by atoms with van der Waals surface area (Å²) in [5, 5.41) is 0. The smallest absolute Gasteiger partial charge is 0.298 e. The van der Waals surface area contributed by atoms with Crippen LogP contribution in [0.5, 0.6) is 0 Å². The molecule has 0 aliphatic rings. The highest BCUT2D eigenvalue weighted by molar-refractivity contribution is 5.65. The molecule has 0 amide bonds. The average molecular weight is 188 g/mol. The summed E-state index contributed by atoms with van der Waals surface area (Å²) >= 11 is 0. The molecule has 78 valence electrons. The lowest BCUT2D eigenvalue weighted by molar-refractivity contribution is -0.335. The summed E-state index contributed by atoms with van der Waals surface area (Å²) in [6.07, 6.45) is 2.04. The molecule has 0 spiro atoms. The molecule has 0 radical (unpaired) electrons. The van der Waals surface area contributed by atoms with E-state index in [4.69, 9.17) is 4.89 Å². The van der Waals surface area contributed by atoms with Crippen LogP contribution in [-0.4, -0.2) is 11.6 Å². The lowest BCUT2D eigenvalue weighted by Crippen LogP contribution is -2.34. The van der Waals surface area contributed by atoms with Crippen LogP contribution >= 0.6 is 0 Å². The van der Waals surface area contributed by atoms with Crippen molar-refractivity contribution in [2.24, 2.45) is 5.92 Å². The molecular formula is C10H20O3. The van der Waals surface area contributed by atoms with Gasteiger partial charge in [-0.2, -0.15) is 4.89 Å². The van der Waals surface area contributed by atoms with Crippen molar-refractivity contribution in [3.63, 3.8) is 0 Å². The SMILES string of the molecule is CCC(CC)C(C)(C)OOC(C)=O. The van der Waals surface area contributed by atoms with Gasteiger partial charge >= 0.3 is 5.97 Å². The summed E-state index contributed by atoms with van der Waals surface area (Å²) < 4.78 is 0. The fraction of sp³-hybridized carbons (Fsp3) is 0.900. The zero-order valence-electron chi connectivity index (χ0n) is 9.22. The average Bonchev–Trinajstić information content (AvgIpc) is 2.03. The lowest BCUT2D eigenvalue weighted by atomic mass is 9.87. The first-order valence-electron chi connectivity index (χ1n) is 4.80. The van der Waals surface area contributed by atoms with E-state index in [1.165, 1.54) is 6.92 Å². The van der Waals surface area contributed by atoms with Gasteiger partial charge in [-0.3, -0.25) is 4.89 Å². The fourth-order valence-electron chi connectivity index (χ4n) is 1.51. The number of carbonyl (C=O) groups is 1. The van der Waals surface area contributed by atoms with E-state index >= 15 is 0 Å². The molecule has 0 aliphatic heterocycles. The van der Waals surface area contributed by atoms with Crippen LogP contribution in [0.4, 0.5) is 0 Å². The Morgan fingerprint density at radius 3 is 2.08 bits per heavy atom. The Morgan fingerprint density at radius 1 is 1.31 bits per heavy atom. The third-order valence-corrected chi connectivity index (χ3v) is 2.34. The minimum Gasteiger partial charge on any atom is -0.298 e. The zero-order valence-corrected chi connectivity index (χ0v) is 9.22. The van der Waals surface area contributed by atoms with Gasteiger partial charge in [-0.1, -0.05) is 26.7 Å². The molecule has 0 N–H and O–H groups in total. The molecule has 13 heavy (non-hydrogen) atoms. The van der Waals surface area contributed by atoms with Gasteiger partial charge in [0.1, 0.15) is 5.60 Å². The molecule has 0 aromatic heterocycles. The van der Waals surface area contributed by atoms with Crippen molar-refractivity contribution in [1.29, 1.82) is 0 Å². The van der Waals surface area contributed by atoms with Gasteiger partial charge < -0.3 is 0 Å². The zero-order chi connectivity index (χ0) is 10.5. The highest BCUT2D eigenvalue weighted by Gasteiger charge is 2.30. The van der Waals surface area contributed by atoms with Gasteiger partial charge in [-0.25, -0.2) is 4.79 Å². The maximum absolute atomic E-state index is 10.5. The number of hydrogen-bond acceptors (Lipinski definition) is 3. The summed E-state index contributed by atoms with van der Waals surface area (Å²) in [6.45, 7) is 9.42.